The van der Waals surface area contributed by atoms with E-state index < -0.39 is 0 Å². The zero-order valence-corrected chi connectivity index (χ0v) is 14.6. The number of hydrogen-bond donors (Lipinski definition) is 2. The molecule has 2 rings (SSSR count). The van der Waals surface area contributed by atoms with Gasteiger partial charge in [-0.15, -0.1) is 24.0 Å². The van der Waals surface area contributed by atoms with Crippen molar-refractivity contribution >= 4 is 29.9 Å². The number of nitrogens with two attached hydrogens (primary N) is 1. The molecule has 5 heteroatoms. The summed E-state index contributed by atoms with van der Waals surface area (Å²) in [4.78, 5) is 4.38. The largest absolute Gasteiger partial charge is 0.378 e. The van der Waals surface area contributed by atoms with E-state index >= 15 is 0 Å². The Hall–Kier alpha value is -0.0400. The molecule has 2 aliphatic carbocycles. The third-order valence-electron chi connectivity index (χ3n) is 4.39. The van der Waals surface area contributed by atoms with E-state index in [0.717, 1.165) is 19.6 Å². The smallest absolute Gasteiger partial charge is 0.188 e. The molecule has 0 heterocycles. The van der Waals surface area contributed by atoms with E-state index in [1.165, 1.54) is 19.3 Å². The van der Waals surface area contributed by atoms with E-state index in [0.29, 0.717) is 29.4 Å². The standard InChI is InChI=1S/C14H27N3O.HI/c1-4-18-12-8-11(14(12)6-5-7-14)17-13(15)16-9-10(2)3;/h10-12H,4-9H2,1-3H3,(H3,15,16,17);1H. The van der Waals surface area contributed by atoms with Crippen LogP contribution in [0.25, 0.3) is 0 Å². The van der Waals surface area contributed by atoms with Crippen LogP contribution in [0.4, 0.5) is 0 Å². The summed E-state index contributed by atoms with van der Waals surface area (Å²) in [5.41, 5.74) is 6.30. The Kier molecular flexibility index (Phi) is 6.36. The summed E-state index contributed by atoms with van der Waals surface area (Å²) in [6.07, 6.45) is 5.38. The van der Waals surface area contributed by atoms with Crippen LogP contribution in [0.15, 0.2) is 4.99 Å². The fourth-order valence-electron chi connectivity index (χ4n) is 3.15. The van der Waals surface area contributed by atoms with Gasteiger partial charge in [0, 0.05) is 24.6 Å². The van der Waals surface area contributed by atoms with Crippen LogP contribution in [0.3, 0.4) is 0 Å². The molecule has 0 bridgehead atoms. The van der Waals surface area contributed by atoms with Gasteiger partial charge in [-0.05, 0) is 32.1 Å². The molecule has 0 amide bonds. The highest BCUT2D eigenvalue weighted by Crippen LogP contribution is 2.57. The van der Waals surface area contributed by atoms with E-state index in [4.69, 9.17) is 10.5 Å². The fraction of sp³-hybridized carbons (Fsp3) is 0.929. The van der Waals surface area contributed by atoms with Crippen molar-refractivity contribution in [2.24, 2.45) is 22.1 Å². The first kappa shape index (κ1) is 17.0. The molecule has 2 atom stereocenters. The quantitative estimate of drug-likeness (QED) is 0.437. The molecule has 0 aromatic carbocycles. The number of hydrogen-bond acceptors (Lipinski definition) is 2. The van der Waals surface area contributed by atoms with Gasteiger partial charge in [0.1, 0.15) is 0 Å². The van der Waals surface area contributed by atoms with Gasteiger partial charge >= 0.3 is 0 Å². The first-order valence-electron chi connectivity index (χ1n) is 7.26. The maximum atomic E-state index is 5.95. The Balaban J connectivity index is 0.00000180. The predicted octanol–water partition coefficient (Wildman–Crippen LogP) is 2.51. The molecule has 2 saturated carbocycles. The molecule has 2 unspecified atom stereocenters. The van der Waals surface area contributed by atoms with Crippen molar-refractivity contribution in [1.82, 2.24) is 5.32 Å². The topological polar surface area (TPSA) is 59.6 Å². The van der Waals surface area contributed by atoms with Crippen LogP contribution >= 0.6 is 24.0 Å². The lowest BCUT2D eigenvalue weighted by molar-refractivity contribution is -0.168. The summed E-state index contributed by atoms with van der Waals surface area (Å²) < 4.78 is 5.82. The van der Waals surface area contributed by atoms with Gasteiger partial charge in [-0.2, -0.15) is 0 Å². The third-order valence-corrected chi connectivity index (χ3v) is 4.39. The van der Waals surface area contributed by atoms with E-state index in [1.807, 2.05) is 0 Å². The molecule has 3 N–H and O–H groups in total. The van der Waals surface area contributed by atoms with Crippen LogP contribution in [0, 0.1) is 11.3 Å². The molecular formula is C14H28IN3O. The van der Waals surface area contributed by atoms with Crippen LogP contribution in [-0.2, 0) is 4.74 Å². The highest BCUT2D eigenvalue weighted by atomic mass is 127. The van der Waals surface area contributed by atoms with Gasteiger partial charge in [0.2, 0.25) is 0 Å². The molecule has 0 aliphatic heterocycles. The number of aliphatic imine (C=N–C) groups is 1. The van der Waals surface area contributed by atoms with Gasteiger partial charge in [-0.25, -0.2) is 0 Å². The first-order valence-corrected chi connectivity index (χ1v) is 7.26. The Labute approximate surface area is 134 Å². The summed E-state index contributed by atoms with van der Waals surface area (Å²) in [6.45, 7) is 7.99. The second-order valence-electron chi connectivity index (χ2n) is 6.08. The van der Waals surface area contributed by atoms with Crippen molar-refractivity contribution in [2.75, 3.05) is 13.2 Å². The van der Waals surface area contributed by atoms with Gasteiger partial charge in [-0.3, -0.25) is 4.99 Å². The number of guanidine groups is 1. The summed E-state index contributed by atoms with van der Waals surface area (Å²) >= 11 is 0. The lowest BCUT2D eigenvalue weighted by atomic mass is 9.51. The number of nitrogens with one attached hydrogen (secondary N) is 1. The van der Waals surface area contributed by atoms with Crippen molar-refractivity contribution in [2.45, 2.75) is 58.6 Å². The van der Waals surface area contributed by atoms with Crippen molar-refractivity contribution < 1.29 is 4.74 Å². The molecule has 19 heavy (non-hydrogen) atoms. The van der Waals surface area contributed by atoms with Crippen molar-refractivity contribution in [3.63, 3.8) is 0 Å². The minimum Gasteiger partial charge on any atom is -0.378 e. The minimum atomic E-state index is 0. The average Bonchev–Trinajstić information content (AvgIpc) is 2.22. The monoisotopic (exact) mass is 381 g/mol. The van der Waals surface area contributed by atoms with E-state index in [1.54, 1.807) is 0 Å². The molecule has 0 aromatic heterocycles. The highest BCUT2D eigenvalue weighted by molar-refractivity contribution is 14.0. The fourth-order valence-corrected chi connectivity index (χ4v) is 3.15. The molecule has 112 valence electrons. The van der Waals surface area contributed by atoms with E-state index in [9.17, 15) is 0 Å². The van der Waals surface area contributed by atoms with Crippen LogP contribution in [0.2, 0.25) is 0 Å². The Morgan fingerprint density at radius 3 is 2.63 bits per heavy atom. The molecule has 1 spiro atoms. The summed E-state index contributed by atoms with van der Waals surface area (Å²) in [5.74, 6) is 1.16. The highest BCUT2D eigenvalue weighted by Gasteiger charge is 2.59. The zero-order valence-electron chi connectivity index (χ0n) is 12.3. The van der Waals surface area contributed by atoms with Crippen molar-refractivity contribution in [3.8, 4) is 0 Å². The molecule has 0 radical (unpaired) electrons. The molecule has 0 saturated heterocycles. The lowest BCUT2D eigenvalue weighted by Crippen LogP contribution is -2.68. The molecule has 2 aliphatic rings. The van der Waals surface area contributed by atoms with Gasteiger partial charge in [0.25, 0.3) is 0 Å². The summed E-state index contributed by atoms with van der Waals surface area (Å²) in [6, 6.07) is 0.471. The van der Waals surface area contributed by atoms with Gasteiger partial charge in [-0.1, -0.05) is 20.3 Å². The Morgan fingerprint density at radius 2 is 2.16 bits per heavy atom. The van der Waals surface area contributed by atoms with Crippen LogP contribution in [0.1, 0.15) is 46.5 Å². The maximum Gasteiger partial charge on any atom is 0.188 e. The maximum absolute atomic E-state index is 5.95. The Morgan fingerprint density at radius 1 is 1.47 bits per heavy atom. The van der Waals surface area contributed by atoms with Crippen molar-refractivity contribution in [3.05, 3.63) is 0 Å². The average molecular weight is 381 g/mol. The van der Waals surface area contributed by atoms with E-state index in [-0.39, 0.29) is 24.0 Å². The van der Waals surface area contributed by atoms with Crippen LogP contribution in [0.5, 0.6) is 0 Å². The predicted molar refractivity (Wildman–Crippen MR) is 90.0 cm³/mol. The number of nitrogens with zero attached hydrogens (tertiary/aromatic N) is 1. The lowest BCUT2D eigenvalue weighted by Gasteiger charge is -2.61. The number of rotatable bonds is 5. The van der Waals surface area contributed by atoms with Gasteiger partial charge in [0.15, 0.2) is 5.96 Å². The van der Waals surface area contributed by atoms with Crippen LogP contribution in [-0.4, -0.2) is 31.3 Å². The molecule has 4 nitrogen and oxygen atoms in total. The summed E-state index contributed by atoms with van der Waals surface area (Å²) in [5, 5.41) is 3.40. The van der Waals surface area contributed by atoms with Gasteiger partial charge in [0.05, 0.1) is 6.10 Å². The second-order valence-corrected chi connectivity index (χ2v) is 6.08. The number of halogens is 1. The molecule has 0 aromatic rings. The number of ether oxygens (including phenoxy) is 1. The van der Waals surface area contributed by atoms with E-state index in [2.05, 4.69) is 31.1 Å². The Bertz CT molecular complexity index is 316. The first-order chi connectivity index (χ1) is 8.58. The van der Waals surface area contributed by atoms with Gasteiger partial charge < -0.3 is 15.8 Å². The van der Waals surface area contributed by atoms with Crippen molar-refractivity contribution in [1.29, 1.82) is 0 Å². The zero-order chi connectivity index (χ0) is 13.2. The summed E-state index contributed by atoms with van der Waals surface area (Å²) in [7, 11) is 0. The second kappa shape index (κ2) is 7.11. The minimum absolute atomic E-state index is 0. The third kappa shape index (κ3) is 3.54. The SMILES string of the molecule is CCOC1CC(NC(N)=NCC(C)C)C12CCC2.I. The molecule has 2 fully saturated rings. The van der Waals surface area contributed by atoms with Crippen LogP contribution < -0.4 is 11.1 Å². The normalized spacial score (nSPS) is 28.5. The molecular weight excluding hydrogens is 353 g/mol.